The summed E-state index contributed by atoms with van der Waals surface area (Å²) in [5.74, 6) is -0.229. The Labute approximate surface area is 179 Å². The van der Waals surface area contributed by atoms with E-state index in [-0.39, 0.29) is 23.2 Å². The monoisotopic (exact) mass is 418 g/mol. The van der Waals surface area contributed by atoms with Gasteiger partial charge in [-0.05, 0) is 37.1 Å². The number of methoxy groups -OCH3 is 1. The summed E-state index contributed by atoms with van der Waals surface area (Å²) >= 11 is 0. The number of nitriles is 1. The van der Waals surface area contributed by atoms with Gasteiger partial charge in [-0.2, -0.15) is 5.26 Å². The van der Waals surface area contributed by atoms with Gasteiger partial charge >= 0.3 is 0 Å². The van der Waals surface area contributed by atoms with Crippen LogP contribution in [0, 0.1) is 25.2 Å². The molecule has 0 saturated carbocycles. The molecular formula is C24H22N2O5. The second kappa shape index (κ2) is 9.18. The highest BCUT2D eigenvalue weighted by Crippen LogP contribution is 2.27. The van der Waals surface area contributed by atoms with E-state index in [1.54, 1.807) is 24.3 Å². The van der Waals surface area contributed by atoms with Gasteiger partial charge in [-0.15, -0.1) is 0 Å². The van der Waals surface area contributed by atoms with Crippen LogP contribution in [0.15, 0.2) is 53.3 Å². The molecule has 0 aliphatic carbocycles. The number of hydrogen-bond acceptors (Lipinski definition) is 6. The Morgan fingerprint density at radius 1 is 1.10 bits per heavy atom. The van der Waals surface area contributed by atoms with Gasteiger partial charge in [0.25, 0.3) is 5.56 Å². The van der Waals surface area contributed by atoms with E-state index in [9.17, 15) is 20.0 Å². The Morgan fingerprint density at radius 3 is 2.35 bits per heavy atom. The second-order valence-corrected chi connectivity index (χ2v) is 7.05. The van der Waals surface area contributed by atoms with E-state index in [4.69, 9.17) is 9.47 Å². The molecule has 0 amide bonds. The number of nitrogens with zero attached hydrogens (tertiary/aromatic N) is 2. The Bertz CT molecular complexity index is 1220. The van der Waals surface area contributed by atoms with E-state index < -0.39 is 23.8 Å². The first kappa shape index (κ1) is 21.7. The predicted octanol–water partition coefficient (Wildman–Crippen LogP) is 3.36. The number of benzene rings is 2. The third kappa shape index (κ3) is 4.43. The van der Waals surface area contributed by atoms with Crippen LogP contribution in [0.5, 0.6) is 17.4 Å². The maximum atomic E-state index is 12.9. The van der Waals surface area contributed by atoms with Crippen molar-refractivity contribution in [3.05, 3.63) is 86.7 Å². The van der Waals surface area contributed by atoms with Crippen molar-refractivity contribution in [2.24, 2.45) is 0 Å². The summed E-state index contributed by atoms with van der Waals surface area (Å²) in [6, 6.07) is 16.1. The fourth-order valence-corrected chi connectivity index (χ4v) is 3.26. The van der Waals surface area contributed by atoms with E-state index in [0.717, 1.165) is 15.7 Å². The Morgan fingerprint density at radius 2 is 1.74 bits per heavy atom. The third-order valence-corrected chi connectivity index (χ3v) is 4.97. The Balaban J connectivity index is 1.99. The number of rotatable bonds is 7. The number of carbonyl (C=O) groups is 1. The number of ketones is 1. The maximum absolute atomic E-state index is 12.9. The smallest absolute Gasteiger partial charge is 0.271 e. The number of Topliss-reactive ketones (excluding diaryl/α,β-unsaturated/α-hetero) is 1. The topological polar surface area (TPSA) is 102 Å². The summed E-state index contributed by atoms with van der Waals surface area (Å²) in [6.45, 7) is 3.02. The van der Waals surface area contributed by atoms with E-state index in [0.29, 0.717) is 11.5 Å². The van der Waals surface area contributed by atoms with Gasteiger partial charge in [-0.3, -0.25) is 14.2 Å². The van der Waals surface area contributed by atoms with Crippen molar-refractivity contribution in [3.63, 3.8) is 0 Å². The molecule has 1 aromatic heterocycles. The zero-order chi connectivity index (χ0) is 22.5. The highest BCUT2D eigenvalue weighted by Gasteiger charge is 2.24. The SMILES string of the molecule is COc1ccccc1OCC(=O)c1c(C)c(C#N)c(=O)n(Cc2ccc(C)cc2)c1O. The minimum absolute atomic E-state index is 0.0214. The van der Waals surface area contributed by atoms with E-state index in [1.807, 2.05) is 37.3 Å². The highest BCUT2D eigenvalue weighted by molar-refractivity contribution is 6.01. The van der Waals surface area contributed by atoms with Crippen LogP contribution in [-0.4, -0.2) is 29.2 Å². The molecule has 0 unspecified atom stereocenters. The molecule has 158 valence electrons. The number of ether oxygens (including phenoxy) is 2. The zero-order valence-corrected chi connectivity index (χ0v) is 17.5. The summed E-state index contributed by atoms with van der Waals surface area (Å²) < 4.78 is 11.8. The van der Waals surface area contributed by atoms with E-state index >= 15 is 0 Å². The van der Waals surface area contributed by atoms with Gasteiger partial charge < -0.3 is 14.6 Å². The summed E-state index contributed by atoms with van der Waals surface area (Å²) in [7, 11) is 1.49. The maximum Gasteiger partial charge on any atom is 0.271 e. The van der Waals surface area contributed by atoms with E-state index in [2.05, 4.69) is 0 Å². The van der Waals surface area contributed by atoms with E-state index in [1.165, 1.54) is 14.0 Å². The van der Waals surface area contributed by atoms with Crippen molar-refractivity contribution in [1.29, 1.82) is 5.26 Å². The lowest BCUT2D eigenvalue weighted by Gasteiger charge is -2.16. The van der Waals surface area contributed by atoms with Gasteiger partial charge in [0.05, 0.1) is 19.2 Å². The van der Waals surface area contributed by atoms with Crippen LogP contribution in [0.25, 0.3) is 0 Å². The molecule has 0 aliphatic rings. The molecule has 0 fully saturated rings. The zero-order valence-electron chi connectivity index (χ0n) is 17.5. The molecule has 0 bridgehead atoms. The molecule has 3 rings (SSSR count). The first-order valence-corrected chi connectivity index (χ1v) is 9.58. The predicted molar refractivity (Wildman–Crippen MR) is 115 cm³/mol. The molecule has 0 aliphatic heterocycles. The fraction of sp³-hybridized carbons (Fsp3) is 0.208. The number of pyridine rings is 1. The van der Waals surface area contributed by atoms with Crippen molar-refractivity contribution in [1.82, 2.24) is 4.57 Å². The molecule has 1 N–H and O–H groups in total. The summed E-state index contributed by atoms with van der Waals surface area (Å²) in [6.07, 6.45) is 0. The van der Waals surface area contributed by atoms with Crippen LogP contribution >= 0.6 is 0 Å². The molecule has 0 saturated heterocycles. The van der Waals surface area contributed by atoms with Crippen molar-refractivity contribution in [2.45, 2.75) is 20.4 Å². The van der Waals surface area contributed by atoms with Gasteiger partial charge in [0, 0.05) is 0 Å². The Kier molecular flexibility index (Phi) is 6.41. The first-order chi connectivity index (χ1) is 14.9. The van der Waals surface area contributed by atoms with Crippen LogP contribution in [0.2, 0.25) is 0 Å². The third-order valence-electron chi connectivity index (χ3n) is 4.97. The first-order valence-electron chi connectivity index (χ1n) is 9.58. The fourth-order valence-electron chi connectivity index (χ4n) is 3.26. The molecule has 7 heteroatoms. The number of aromatic hydroxyl groups is 1. The molecule has 2 aromatic carbocycles. The van der Waals surface area contributed by atoms with Crippen LogP contribution in [0.3, 0.4) is 0 Å². The van der Waals surface area contributed by atoms with Crippen molar-refractivity contribution >= 4 is 5.78 Å². The molecule has 0 atom stereocenters. The minimum Gasteiger partial charge on any atom is -0.494 e. The number of carbonyl (C=O) groups excluding carboxylic acids is 1. The molecule has 1 heterocycles. The van der Waals surface area contributed by atoms with Crippen molar-refractivity contribution in [2.75, 3.05) is 13.7 Å². The van der Waals surface area contributed by atoms with Crippen molar-refractivity contribution in [3.8, 4) is 23.4 Å². The number of aryl methyl sites for hydroxylation is 1. The van der Waals surface area contributed by atoms with Crippen LogP contribution < -0.4 is 15.0 Å². The quantitative estimate of drug-likeness (QED) is 0.591. The van der Waals surface area contributed by atoms with Crippen LogP contribution in [0.4, 0.5) is 0 Å². The molecule has 3 aromatic rings. The summed E-state index contributed by atoms with van der Waals surface area (Å²) in [5, 5.41) is 20.3. The Hall–Kier alpha value is -4.05. The van der Waals surface area contributed by atoms with Gasteiger partial charge in [-0.25, -0.2) is 0 Å². The standard InChI is InChI=1S/C24H22N2O5/c1-15-8-10-17(11-9-15)13-26-23(28)18(12-25)16(2)22(24(26)29)19(27)14-31-21-7-5-4-6-20(21)30-3/h4-11,29H,13-14H2,1-3H3. The lowest BCUT2D eigenvalue weighted by Crippen LogP contribution is -2.28. The summed E-state index contributed by atoms with van der Waals surface area (Å²) in [4.78, 5) is 25.7. The van der Waals surface area contributed by atoms with Crippen LogP contribution in [0.1, 0.15) is 32.6 Å². The molecule has 31 heavy (non-hydrogen) atoms. The summed E-state index contributed by atoms with van der Waals surface area (Å²) in [5.41, 5.74) is 0.966. The van der Waals surface area contributed by atoms with Crippen LogP contribution in [-0.2, 0) is 6.54 Å². The number of aromatic nitrogens is 1. The molecular weight excluding hydrogens is 396 g/mol. The number of hydrogen-bond donors (Lipinski definition) is 1. The van der Waals surface area contributed by atoms with Gasteiger partial charge in [0.15, 0.2) is 18.1 Å². The second-order valence-electron chi connectivity index (χ2n) is 7.05. The normalized spacial score (nSPS) is 10.4. The highest BCUT2D eigenvalue weighted by atomic mass is 16.5. The number of para-hydroxylation sites is 2. The average Bonchev–Trinajstić information content (AvgIpc) is 2.77. The average molecular weight is 418 g/mol. The molecule has 0 radical (unpaired) electrons. The lowest BCUT2D eigenvalue weighted by atomic mass is 10.0. The largest absolute Gasteiger partial charge is 0.494 e. The van der Waals surface area contributed by atoms with Gasteiger partial charge in [0.2, 0.25) is 11.7 Å². The molecule has 0 spiro atoms. The molecule has 7 nitrogen and oxygen atoms in total. The van der Waals surface area contributed by atoms with Gasteiger partial charge in [0.1, 0.15) is 11.6 Å². The van der Waals surface area contributed by atoms with Crippen molar-refractivity contribution < 1.29 is 19.4 Å². The lowest BCUT2D eigenvalue weighted by molar-refractivity contribution is 0.0914. The minimum atomic E-state index is -0.653. The van der Waals surface area contributed by atoms with Gasteiger partial charge in [-0.1, -0.05) is 42.0 Å².